The van der Waals surface area contributed by atoms with E-state index < -0.39 is 0 Å². The smallest absolute Gasteiger partial charge is 0.323 e. The van der Waals surface area contributed by atoms with Gasteiger partial charge in [0.05, 0.1) is 22.8 Å². The summed E-state index contributed by atoms with van der Waals surface area (Å²) in [4.78, 5) is 29.6. The van der Waals surface area contributed by atoms with Crippen LogP contribution in [-0.2, 0) is 11.3 Å². The van der Waals surface area contributed by atoms with E-state index in [9.17, 15) is 9.59 Å². The standard InChI is InChI=1S/C22H22N6O2S/c1-13(20(29)23-16-9-10-17-18(11-16)25-21(30)24-17)31-22-27-26-19(15-7-8-15)28(22)12-14-5-3-2-4-6-14/h2-6,9-11,13,15H,7-8,12H2,1H3,(H,23,29)(H2,24,25,30)/t13-/m0/s1. The molecule has 1 atom stereocenters. The molecule has 2 heterocycles. The summed E-state index contributed by atoms with van der Waals surface area (Å²) in [6, 6.07) is 15.5. The van der Waals surface area contributed by atoms with Crippen molar-refractivity contribution in [2.75, 3.05) is 5.32 Å². The number of H-pyrrole nitrogens is 2. The molecule has 0 unspecified atom stereocenters. The summed E-state index contributed by atoms with van der Waals surface area (Å²) in [5.41, 5.74) is 2.89. The maximum atomic E-state index is 12.8. The third-order valence-electron chi connectivity index (χ3n) is 5.31. The highest BCUT2D eigenvalue weighted by Crippen LogP contribution is 2.40. The van der Waals surface area contributed by atoms with E-state index in [1.165, 1.54) is 17.3 Å². The van der Waals surface area contributed by atoms with Crippen molar-refractivity contribution < 1.29 is 4.79 Å². The molecule has 2 aromatic carbocycles. The first-order valence-electron chi connectivity index (χ1n) is 10.2. The Morgan fingerprint density at radius 1 is 1.16 bits per heavy atom. The molecule has 2 aromatic heterocycles. The molecule has 1 aliphatic rings. The SMILES string of the molecule is C[C@H](Sc1nnc(C2CC2)n1Cc1ccccc1)C(=O)Nc1ccc2[nH]c(=O)[nH]c2c1. The number of carbonyl (C=O) groups is 1. The van der Waals surface area contributed by atoms with Crippen LogP contribution in [0.3, 0.4) is 0 Å². The third-order valence-corrected chi connectivity index (χ3v) is 6.39. The van der Waals surface area contributed by atoms with E-state index in [2.05, 4.69) is 42.2 Å². The molecule has 1 amide bonds. The van der Waals surface area contributed by atoms with E-state index in [4.69, 9.17) is 0 Å². The van der Waals surface area contributed by atoms with Crippen LogP contribution in [-0.4, -0.2) is 35.9 Å². The van der Waals surface area contributed by atoms with Crippen LogP contribution >= 0.6 is 11.8 Å². The number of thioether (sulfide) groups is 1. The largest absolute Gasteiger partial charge is 0.325 e. The second-order valence-electron chi connectivity index (χ2n) is 7.78. The second kappa shape index (κ2) is 8.07. The summed E-state index contributed by atoms with van der Waals surface area (Å²) in [7, 11) is 0. The van der Waals surface area contributed by atoms with Gasteiger partial charge in [0.1, 0.15) is 5.82 Å². The Morgan fingerprint density at radius 2 is 1.94 bits per heavy atom. The molecular formula is C22H22N6O2S. The first kappa shape index (κ1) is 19.6. The van der Waals surface area contributed by atoms with E-state index in [0.717, 1.165) is 23.8 Å². The maximum absolute atomic E-state index is 12.8. The van der Waals surface area contributed by atoms with Gasteiger partial charge in [0, 0.05) is 11.6 Å². The lowest BCUT2D eigenvalue weighted by atomic mass is 10.2. The number of hydrogen-bond donors (Lipinski definition) is 3. The van der Waals surface area contributed by atoms with E-state index in [1.807, 2.05) is 25.1 Å². The van der Waals surface area contributed by atoms with Gasteiger partial charge in [-0.3, -0.25) is 4.79 Å². The van der Waals surface area contributed by atoms with Gasteiger partial charge in [-0.05, 0) is 43.5 Å². The molecule has 31 heavy (non-hydrogen) atoms. The van der Waals surface area contributed by atoms with Crippen LogP contribution < -0.4 is 11.0 Å². The average molecular weight is 435 g/mol. The van der Waals surface area contributed by atoms with Crippen LogP contribution in [0.15, 0.2) is 58.5 Å². The number of aromatic amines is 2. The molecule has 0 bridgehead atoms. The molecule has 5 rings (SSSR count). The Morgan fingerprint density at radius 3 is 2.71 bits per heavy atom. The van der Waals surface area contributed by atoms with Gasteiger partial charge in [-0.2, -0.15) is 0 Å². The predicted octanol–water partition coefficient (Wildman–Crippen LogP) is 3.49. The lowest BCUT2D eigenvalue weighted by molar-refractivity contribution is -0.115. The molecule has 158 valence electrons. The van der Waals surface area contributed by atoms with E-state index >= 15 is 0 Å². The average Bonchev–Trinajstić information content (AvgIpc) is 3.43. The topological polar surface area (TPSA) is 108 Å². The fraction of sp³-hybridized carbons (Fsp3) is 0.273. The monoisotopic (exact) mass is 434 g/mol. The zero-order valence-corrected chi connectivity index (χ0v) is 17.8. The molecule has 0 saturated heterocycles. The van der Waals surface area contributed by atoms with Gasteiger partial charge in [0.2, 0.25) is 5.91 Å². The van der Waals surface area contributed by atoms with Gasteiger partial charge >= 0.3 is 5.69 Å². The number of carbonyl (C=O) groups excluding carboxylic acids is 1. The van der Waals surface area contributed by atoms with Gasteiger partial charge in [-0.1, -0.05) is 42.1 Å². The van der Waals surface area contributed by atoms with Crippen molar-refractivity contribution in [3.63, 3.8) is 0 Å². The van der Waals surface area contributed by atoms with E-state index in [-0.39, 0.29) is 16.8 Å². The van der Waals surface area contributed by atoms with Gasteiger partial charge in [0.25, 0.3) is 0 Å². The lowest BCUT2D eigenvalue weighted by Crippen LogP contribution is -2.23. The highest BCUT2D eigenvalue weighted by atomic mass is 32.2. The van der Waals surface area contributed by atoms with Crippen LogP contribution in [0.4, 0.5) is 5.69 Å². The van der Waals surface area contributed by atoms with Crippen molar-refractivity contribution in [3.8, 4) is 0 Å². The Balaban J connectivity index is 1.32. The van der Waals surface area contributed by atoms with E-state index in [0.29, 0.717) is 29.2 Å². The van der Waals surface area contributed by atoms with Gasteiger partial charge in [-0.15, -0.1) is 10.2 Å². The summed E-state index contributed by atoms with van der Waals surface area (Å²) >= 11 is 1.40. The Bertz CT molecular complexity index is 1290. The number of anilines is 1. The summed E-state index contributed by atoms with van der Waals surface area (Å²) in [5.74, 6) is 1.33. The Kier molecular flexibility index (Phi) is 5.11. The van der Waals surface area contributed by atoms with Crippen molar-refractivity contribution >= 4 is 34.4 Å². The van der Waals surface area contributed by atoms with Crippen molar-refractivity contribution in [3.05, 3.63) is 70.4 Å². The van der Waals surface area contributed by atoms with Crippen LogP contribution in [0.5, 0.6) is 0 Å². The quantitative estimate of drug-likeness (QED) is 0.386. The van der Waals surface area contributed by atoms with Crippen molar-refractivity contribution in [1.82, 2.24) is 24.7 Å². The van der Waals surface area contributed by atoms with E-state index in [1.54, 1.807) is 18.2 Å². The molecule has 0 aliphatic heterocycles. The first-order valence-corrected chi connectivity index (χ1v) is 11.1. The van der Waals surface area contributed by atoms with Crippen molar-refractivity contribution in [2.45, 2.75) is 42.6 Å². The highest BCUT2D eigenvalue weighted by molar-refractivity contribution is 8.00. The van der Waals surface area contributed by atoms with Gasteiger partial charge < -0.3 is 19.9 Å². The number of fused-ring (bicyclic) bond motifs is 1. The minimum absolute atomic E-state index is 0.135. The summed E-state index contributed by atoms with van der Waals surface area (Å²) in [5, 5.41) is 12.1. The maximum Gasteiger partial charge on any atom is 0.323 e. The minimum Gasteiger partial charge on any atom is -0.325 e. The normalized spacial score (nSPS) is 14.6. The van der Waals surface area contributed by atoms with Crippen molar-refractivity contribution in [2.24, 2.45) is 0 Å². The van der Waals surface area contributed by atoms with Gasteiger partial charge in [0.15, 0.2) is 5.16 Å². The number of nitrogens with one attached hydrogen (secondary N) is 3. The van der Waals surface area contributed by atoms with Crippen LogP contribution in [0.1, 0.15) is 37.1 Å². The van der Waals surface area contributed by atoms with Crippen LogP contribution in [0.25, 0.3) is 11.0 Å². The number of benzene rings is 2. The first-order chi connectivity index (χ1) is 15.1. The molecule has 8 nitrogen and oxygen atoms in total. The molecule has 1 fully saturated rings. The number of nitrogens with zero attached hydrogens (tertiary/aromatic N) is 3. The minimum atomic E-state index is -0.369. The highest BCUT2D eigenvalue weighted by Gasteiger charge is 2.31. The predicted molar refractivity (Wildman–Crippen MR) is 120 cm³/mol. The number of rotatable bonds is 7. The Hall–Kier alpha value is -3.33. The number of imidazole rings is 1. The zero-order valence-electron chi connectivity index (χ0n) is 17.0. The summed E-state index contributed by atoms with van der Waals surface area (Å²) in [6.07, 6.45) is 2.27. The molecule has 0 radical (unpaired) electrons. The molecule has 0 spiro atoms. The van der Waals surface area contributed by atoms with Crippen molar-refractivity contribution in [1.29, 1.82) is 0 Å². The molecule has 4 aromatic rings. The molecular weight excluding hydrogens is 412 g/mol. The number of amides is 1. The third kappa shape index (κ3) is 4.27. The lowest BCUT2D eigenvalue weighted by Gasteiger charge is -2.14. The van der Waals surface area contributed by atoms with Crippen LogP contribution in [0, 0.1) is 0 Å². The summed E-state index contributed by atoms with van der Waals surface area (Å²) < 4.78 is 2.14. The molecule has 9 heteroatoms. The fourth-order valence-electron chi connectivity index (χ4n) is 3.51. The molecule has 1 saturated carbocycles. The van der Waals surface area contributed by atoms with Gasteiger partial charge in [-0.25, -0.2) is 4.79 Å². The fourth-order valence-corrected chi connectivity index (χ4v) is 4.37. The summed E-state index contributed by atoms with van der Waals surface area (Å²) in [6.45, 7) is 2.54. The number of aromatic nitrogens is 5. The molecule has 3 N–H and O–H groups in total. The Labute approximate surface area is 182 Å². The zero-order chi connectivity index (χ0) is 21.4. The van der Waals surface area contributed by atoms with Crippen LogP contribution in [0.2, 0.25) is 0 Å². The second-order valence-corrected chi connectivity index (χ2v) is 9.08. The number of hydrogen-bond acceptors (Lipinski definition) is 5. The molecule has 1 aliphatic carbocycles.